The summed E-state index contributed by atoms with van der Waals surface area (Å²) in [5, 5.41) is 4.25. The number of anilines is 3. The molecule has 0 aliphatic rings. The van der Waals surface area contributed by atoms with Gasteiger partial charge in [-0.05, 0) is 30.3 Å². The van der Waals surface area contributed by atoms with E-state index >= 15 is 0 Å². The maximum absolute atomic E-state index is 5.91. The van der Waals surface area contributed by atoms with Crippen molar-refractivity contribution in [1.29, 1.82) is 0 Å². The maximum atomic E-state index is 5.91. The smallest absolute Gasteiger partial charge is 0.215 e. The molecule has 0 unspecified atom stereocenters. The summed E-state index contributed by atoms with van der Waals surface area (Å²) >= 11 is 0. The second-order valence-corrected chi connectivity index (χ2v) is 4.33. The van der Waals surface area contributed by atoms with Gasteiger partial charge >= 0.3 is 0 Å². The molecule has 0 atom stereocenters. The van der Waals surface area contributed by atoms with E-state index in [-0.39, 0.29) is 0 Å². The van der Waals surface area contributed by atoms with E-state index in [1.807, 2.05) is 30.3 Å². The molecule has 5 nitrogen and oxygen atoms in total. The van der Waals surface area contributed by atoms with E-state index in [4.69, 9.17) is 10.5 Å². The van der Waals surface area contributed by atoms with Crippen LogP contribution in [0.5, 0.6) is 5.88 Å². The van der Waals surface area contributed by atoms with Gasteiger partial charge in [0.15, 0.2) is 5.82 Å². The number of fused-ring (bicyclic) bond motifs is 1. The molecule has 0 amide bonds. The first-order valence-electron chi connectivity index (χ1n) is 6.18. The molecule has 3 aromatic rings. The molecule has 1 aromatic carbocycles. The van der Waals surface area contributed by atoms with E-state index in [9.17, 15) is 0 Å². The number of rotatable bonds is 3. The predicted octanol–water partition coefficient (Wildman–Crippen LogP) is 2.96. The van der Waals surface area contributed by atoms with Gasteiger partial charge in [0.1, 0.15) is 0 Å². The van der Waals surface area contributed by atoms with E-state index in [2.05, 4.69) is 15.3 Å². The Morgan fingerprint density at radius 3 is 2.90 bits per heavy atom. The van der Waals surface area contributed by atoms with E-state index in [0.29, 0.717) is 17.4 Å². The van der Waals surface area contributed by atoms with Crippen LogP contribution in [0.15, 0.2) is 48.7 Å². The molecule has 2 aromatic heterocycles. The summed E-state index contributed by atoms with van der Waals surface area (Å²) < 4.78 is 5.10. The third kappa shape index (κ3) is 2.33. The highest BCUT2D eigenvalue weighted by Gasteiger charge is 2.04. The average Bonchev–Trinajstić information content (AvgIpc) is 2.49. The Balaban J connectivity index is 1.96. The zero-order valence-corrected chi connectivity index (χ0v) is 11.0. The summed E-state index contributed by atoms with van der Waals surface area (Å²) in [4.78, 5) is 8.58. The molecule has 100 valence electrons. The Morgan fingerprint density at radius 1 is 1.15 bits per heavy atom. The number of hydrogen-bond acceptors (Lipinski definition) is 5. The van der Waals surface area contributed by atoms with Crippen molar-refractivity contribution in [3.63, 3.8) is 0 Å². The molecule has 3 N–H and O–H groups in total. The molecule has 0 aliphatic carbocycles. The Kier molecular flexibility index (Phi) is 3.09. The number of nitrogens with two attached hydrogens (primary N) is 1. The summed E-state index contributed by atoms with van der Waals surface area (Å²) in [5.41, 5.74) is 8.33. The molecule has 3 rings (SSSR count). The van der Waals surface area contributed by atoms with Crippen molar-refractivity contribution >= 4 is 28.1 Å². The fourth-order valence-electron chi connectivity index (χ4n) is 1.96. The van der Waals surface area contributed by atoms with E-state index in [1.165, 1.54) is 0 Å². The van der Waals surface area contributed by atoms with Crippen LogP contribution in [-0.2, 0) is 0 Å². The maximum Gasteiger partial charge on any atom is 0.215 e. The number of nitrogen functional groups attached to an aromatic ring is 1. The van der Waals surface area contributed by atoms with Crippen LogP contribution >= 0.6 is 0 Å². The SMILES string of the molecule is COc1ccc(N)c(Nc2ccc3ncccc3c2)n1. The highest BCUT2D eigenvalue weighted by atomic mass is 16.5. The van der Waals surface area contributed by atoms with E-state index in [0.717, 1.165) is 16.6 Å². The Hall–Kier alpha value is -2.82. The van der Waals surface area contributed by atoms with Gasteiger partial charge in [-0.15, -0.1) is 0 Å². The van der Waals surface area contributed by atoms with Gasteiger partial charge < -0.3 is 15.8 Å². The summed E-state index contributed by atoms with van der Waals surface area (Å²) in [6.07, 6.45) is 1.77. The van der Waals surface area contributed by atoms with Crippen molar-refractivity contribution in [2.45, 2.75) is 0 Å². The van der Waals surface area contributed by atoms with Gasteiger partial charge in [0.2, 0.25) is 5.88 Å². The van der Waals surface area contributed by atoms with Gasteiger partial charge in [-0.3, -0.25) is 4.98 Å². The van der Waals surface area contributed by atoms with Gasteiger partial charge in [-0.1, -0.05) is 6.07 Å². The molecule has 0 saturated heterocycles. The molecule has 0 radical (unpaired) electrons. The molecule has 20 heavy (non-hydrogen) atoms. The summed E-state index contributed by atoms with van der Waals surface area (Å²) in [6.45, 7) is 0. The molecular formula is C15H14N4O. The van der Waals surface area contributed by atoms with Gasteiger partial charge in [-0.25, -0.2) is 0 Å². The number of hydrogen-bond donors (Lipinski definition) is 2. The minimum atomic E-state index is 0.518. The lowest BCUT2D eigenvalue weighted by Gasteiger charge is -2.10. The quantitative estimate of drug-likeness (QED) is 0.762. The van der Waals surface area contributed by atoms with Crippen LogP contribution in [0.4, 0.5) is 17.2 Å². The fourth-order valence-corrected chi connectivity index (χ4v) is 1.96. The van der Waals surface area contributed by atoms with E-state index < -0.39 is 0 Å². The number of nitrogens with one attached hydrogen (secondary N) is 1. The lowest BCUT2D eigenvalue weighted by molar-refractivity contribution is 0.398. The van der Waals surface area contributed by atoms with Crippen molar-refractivity contribution in [2.75, 3.05) is 18.2 Å². The number of nitrogens with zero attached hydrogens (tertiary/aromatic N) is 2. The van der Waals surface area contributed by atoms with E-state index in [1.54, 1.807) is 25.4 Å². The van der Waals surface area contributed by atoms with Crippen LogP contribution in [0.2, 0.25) is 0 Å². The van der Waals surface area contributed by atoms with Gasteiger partial charge in [0.05, 0.1) is 18.3 Å². The number of ether oxygens (including phenoxy) is 1. The first-order chi connectivity index (χ1) is 9.76. The molecule has 2 heterocycles. The molecule has 0 fully saturated rings. The van der Waals surface area contributed by atoms with Gasteiger partial charge in [0.25, 0.3) is 0 Å². The van der Waals surface area contributed by atoms with Crippen molar-refractivity contribution < 1.29 is 4.74 Å². The monoisotopic (exact) mass is 266 g/mol. The molecule has 0 spiro atoms. The normalized spacial score (nSPS) is 10.4. The highest BCUT2D eigenvalue weighted by Crippen LogP contribution is 2.25. The number of aromatic nitrogens is 2. The minimum absolute atomic E-state index is 0.518. The van der Waals surface area contributed by atoms with Crippen molar-refractivity contribution in [3.8, 4) is 5.88 Å². The number of benzene rings is 1. The topological polar surface area (TPSA) is 73.1 Å². The fraction of sp³-hybridized carbons (Fsp3) is 0.0667. The van der Waals surface area contributed by atoms with Gasteiger partial charge in [0, 0.05) is 23.3 Å². The Bertz CT molecular complexity index is 758. The summed E-state index contributed by atoms with van der Waals surface area (Å²) in [7, 11) is 1.57. The summed E-state index contributed by atoms with van der Waals surface area (Å²) in [5.74, 6) is 1.09. The highest BCUT2D eigenvalue weighted by molar-refractivity contribution is 5.83. The second kappa shape index (κ2) is 5.05. The third-order valence-corrected chi connectivity index (χ3v) is 2.98. The molecule has 5 heteroatoms. The zero-order valence-electron chi connectivity index (χ0n) is 11.0. The largest absolute Gasteiger partial charge is 0.481 e. The average molecular weight is 266 g/mol. The Morgan fingerprint density at radius 2 is 2.05 bits per heavy atom. The van der Waals surface area contributed by atoms with Crippen LogP contribution in [0.1, 0.15) is 0 Å². The van der Waals surface area contributed by atoms with Gasteiger partial charge in [-0.2, -0.15) is 4.98 Å². The molecule has 0 bridgehead atoms. The number of methoxy groups -OCH3 is 1. The van der Waals surface area contributed by atoms with Crippen molar-refractivity contribution in [2.24, 2.45) is 0 Å². The zero-order chi connectivity index (χ0) is 13.9. The Labute approximate surface area is 116 Å². The van der Waals surface area contributed by atoms with Crippen LogP contribution in [-0.4, -0.2) is 17.1 Å². The number of pyridine rings is 2. The predicted molar refractivity (Wildman–Crippen MR) is 80.2 cm³/mol. The van der Waals surface area contributed by atoms with Crippen LogP contribution in [0.3, 0.4) is 0 Å². The molecule has 0 aliphatic heterocycles. The first-order valence-corrected chi connectivity index (χ1v) is 6.18. The molecular weight excluding hydrogens is 252 g/mol. The molecule has 0 saturated carbocycles. The minimum Gasteiger partial charge on any atom is -0.481 e. The summed E-state index contributed by atoms with van der Waals surface area (Å²) in [6, 6.07) is 13.3. The standard InChI is InChI=1S/C15H14N4O/c1-20-14-7-5-12(16)15(19-14)18-11-4-6-13-10(9-11)3-2-8-17-13/h2-9H,16H2,1H3,(H,18,19). The van der Waals surface area contributed by atoms with Crippen molar-refractivity contribution in [3.05, 3.63) is 48.7 Å². The first kappa shape index (κ1) is 12.2. The lowest BCUT2D eigenvalue weighted by atomic mass is 10.2. The van der Waals surface area contributed by atoms with Crippen LogP contribution < -0.4 is 15.8 Å². The van der Waals surface area contributed by atoms with Crippen LogP contribution in [0.25, 0.3) is 10.9 Å². The van der Waals surface area contributed by atoms with Crippen LogP contribution in [0, 0.1) is 0 Å². The third-order valence-electron chi connectivity index (χ3n) is 2.98. The second-order valence-electron chi connectivity index (χ2n) is 4.33. The van der Waals surface area contributed by atoms with Crippen molar-refractivity contribution in [1.82, 2.24) is 9.97 Å². The lowest BCUT2D eigenvalue weighted by Crippen LogP contribution is -2.00.